The molecule has 0 unspecified atom stereocenters. The van der Waals surface area contributed by atoms with Crippen LogP contribution in [-0.4, -0.2) is 14.4 Å². The molecule has 5 nitrogen and oxygen atoms in total. The van der Waals surface area contributed by atoms with Gasteiger partial charge in [-0.2, -0.15) is 4.31 Å². The first-order valence-electron chi connectivity index (χ1n) is 5.08. The van der Waals surface area contributed by atoms with Crippen LogP contribution >= 0.6 is 11.3 Å². The van der Waals surface area contributed by atoms with E-state index in [1.807, 2.05) is 0 Å². The molecule has 1 aromatic heterocycles. The fourth-order valence-electron chi connectivity index (χ4n) is 1.77. The lowest BCUT2D eigenvalue weighted by molar-refractivity contribution is 0.259. The number of rotatable bonds is 1. The smallest absolute Gasteiger partial charge is 0.305 e. The lowest BCUT2D eigenvalue weighted by atomic mass is 10.3. The molecular formula is C11H8N2O3S2. The molecule has 0 aliphatic carbocycles. The molecule has 2 heterocycles. The van der Waals surface area contributed by atoms with Crippen molar-refractivity contribution in [1.29, 1.82) is 0 Å². The van der Waals surface area contributed by atoms with Gasteiger partial charge in [-0.25, -0.2) is 13.2 Å². The maximum Gasteiger partial charge on any atom is 0.340 e. The first-order valence-corrected chi connectivity index (χ1v) is 7.46. The van der Waals surface area contributed by atoms with E-state index in [2.05, 4.69) is 5.32 Å². The van der Waals surface area contributed by atoms with Gasteiger partial charge in [-0.05, 0) is 12.1 Å². The van der Waals surface area contributed by atoms with Crippen molar-refractivity contribution < 1.29 is 13.2 Å². The zero-order chi connectivity index (χ0) is 12.8. The number of urea groups is 1. The van der Waals surface area contributed by atoms with Gasteiger partial charge >= 0.3 is 6.03 Å². The highest BCUT2D eigenvalue weighted by Crippen LogP contribution is 2.35. The molecule has 1 aromatic carbocycles. The van der Waals surface area contributed by atoms with E-state index in [1.165, 1.54) is 16.7 Å². The average Bonchev–Trinajstić information content (AvgIpc) is 2.78. The SMILES string of the molecule is O=C1Nc2cscc2S(=O)(=O)N1c1ccccc1. The van der Waals surface area contributed by atoms with Crippen molar-refractivity contribution in [2.24, 2.45) is 0 Å². The largest absolute Gasteiger partial charge is 0.340 e. The summed E-state index contributed by atoms with van der Waals surface area (Å²) in [6, 6.07) is 7.62. The fraction of sp³-hybridized carbons (Fsp3) is 0. The highest BCUT2D eigenvalue weighted by atomic mass is 32.2. The molecule has 0 fully saturated rings. The van der Waals surface area contributed by atoms with Gasteiger partial charge in [0.25, 0.3) is 10.0 Å². The van der Waals surface area contributed by atoms with E-state index in [1.54, 1.807) is 35.7 Å². The zero-order valence-corrected chi connectivity index (χ0v) is 10.7. The number of carbonyl (C=O) groups is 1. The molecule has 0 bridgehead atoms. The molecular weight excluding hydrogens is 272 g/mol. The second-order valence-corrected chi connectivity index (χ2v) is 6.18. The third-order valence-corrected chi connectivity index (χ3v) is 5.21. The predicted octanol–water partition coefficient (Wildman–Crippen LogP) is 2.49. The molecule has 0 spiro atoms. The molecule has 1 aliphatic rings. The van der Waals surface area contributed by atoms with E-state index >= 15 is 0 Å². The Morgan fingerprint density at radius 3 is 2.56 bits per heavy atom. The summed E-state index contributed by atoms with van der Waals surface area (Å²) in [5.74, 6) is 0. The Labute approximate surface area is 108 Å². The van der Waals surface area contributed by atoms with Crippen LogP contribution in [0.25, 0.3) is 0 Å². The van der Waals surface area contributed by atoms with Crippen LogP contribution in [0.3, 0.4) is 0 Å². The first kappa shape index (κ1) is 11.2. The van der Waals surface area contributed by atoms with Gasteiger partial charge in [0.1, 0.15) is 4.90 Å². The molecule has 1 aliphatic heterocycles. The quantitative estimate of drug-likeness (QED) is 0.872. The van der Waals surface area contributed by atoms with Gasteiger partial charge in [-0.3, -0.25) is 0 Å². The Bertz CT molecular complexity index is 707. The maximum absolute atomic E-state index is 12.3. The molecule has 92 valence electrons. The number of hydrogen-bond donors (Lipinski definition) is 1. The molecule has 0 saturated carbocycles. The van der Waals surface area contributed by atoms with Crippen LogP contribution in [0.1, 0.15) is 0 Å². The Morgan fingerprint density at radius 1 is 1.11 bits per heavy atom. The van der Waals surface area contributed by atoms with Crippen molar-refractivity contribution in [1.82, 2.24) is 0 Å². The number of benzene rings is 1. The van der Waals surface area contributed by atoms with Gasteiger partial charge in [0, 0.05) is 10.8 Å². The van der Waals surface area contributed by atoms with Gasteiger partial charge < -0.3 is 5.32 Å². The Morgan fingerprint density at radius 2 is 1.83 bits per heavy atom. The second-order valence-electron chi connectivity index (χ2n) is 3.68. The van der Waals surface area contributed by atoms with Gasteiger partial charge in [0.2, 0.25) is 0 Å². The summed E-state index contributed by atoms with van der Waals surface area (Å²) in [4.78, 5) is 12.0. The zero-order valence-electron chi connectivity index (χ0n) is 9.03. The molecule has 2 amide bonds. The highest BCUT2D eigenvalue weighted by molar-refractivity contribution is 7.94. The molecule has 1 N–H and O–H groups in total. The third-order valence-electron chi connectivity index (χ3n) is 2.56. The van der Waals surface area contributed by atoms with E-state index in [0.717, 1.165) is 4.31 Å². The summed E-state index contributed by atoms with van der Waals surface area (Å²) < 4.78 is 25.5. The number of sulfonamides is 1. The molecule has 0 saturated heterocycles. The molecule has 0 atom stereocenters. The number of hydrogen-bond acceptors (Lipinski definition) is 4. The van der Waals surface area contributed by atoms with E-state index in [4.69, 9.17) is 0 Å². The van der Waals surface area contributed by atoms with Crippen LogP contribution < -0.4 is 9.62 Å². The molecule has 3 rings (SSSR count). The summed E-state index contributed by atoms with van der Waals surface area (Å²) in [6.45, 7) is 0. The summed E-state index contributed by atoms with van der Waals surface area (Å²) in [6.07, 6.45) is 0. The fourth-order valence-corrected chi connectivity index (χ4v) is 4.39. The Kier molecular flexibility index (Phi) is 2.39. The van der Waals surface area contributed by atoms with Crippen molar-refractivity contribution in [3.8, 4) is 0 Å². The molecule has 2 aromatic rings. The van der Waals surface area contributed by atoms with Crippen LogP contribution in [0, 0.1) is 0 Å². The van der Waals surface area contributed by atoms with Gasteiger partial charge in [0.05, 0.1) is 11.4 Å². The lowest BCUT2D eigenvalue weighted by Gasteiger charge is -2.26. The van der Waals surface area contributed by atoms with Crippen molar-refractivity contribution in [2.75, 3.05) is 9.62 Å². The summed E-state index contributed by atoms with van der Waals surface area (Å²) >= 11 is 1.24. The number of anilines is 2. The van der Waals surface area contributed by atoms with Gasteiger partial charge in [-0.15, -0.1) is 11.3 Å². The number of nitrogens with one attached hydrogen (secondary N) is 1. The topological polar surface area (TPSA) is 66.5 Å². The van der Waals surface area contributed by atoms with E-state index < -0.39 is 16.1 Å². The summed E-state index contributed by atoms with van der Waals surface area (Å²) in [7, 11) is -3.81. The third kappa shape index (κ3) is 1.52. The van der Waals surface area contributed by atoms with Crippen molar-refractivity contribution in [2.45, 2.75) is 4.90 Å². The summed E-state index contributed by atoms with van der Waals surface area (Å²) in [5.41, 5.74) is 0.670. The monoisotopic (exact) mass is 280 g/mol. The van der Waals surface area contributed by atoms with Crippen molar-refractivity contribution >= 4 is 38.8 Å². The minimum absolute atomic E-state index is 0.135. The molecule has 7 heteroatoms. The first-order chi connectivity index (χ1) is 8.60. The minimum atomic E-state index is -3.81. The number of fused-ring (bicyclic) bond motifs is 1. The predicted molar refractivity (Wildman–Crippen MR) is 69.4 cm³/mol. The minimum Gasteiger partial charge on any atom is -0.305 e. The summed E-state index contributed by atoms with van der Waals surface area (Å²) in [5, 5.41) is 5.68. The number of carbonyl (C=O) groups excluding carboxylic acids is 1. The molecule has 18 heavy (non-hydrogen) atoms. The van der Waals surface area contributed by atoms with Crippen LogP contribution in [0.15, 0.2) is 46.0 Å². The Hall–Kier alpha value is -1.86. The maximum atomic E-state index is 12.3. The van der Waals surface area contributed by atoms with Gasteiger partial charge in [-0.1, -0.05) is 18.2 Å². The number of thiophene rings is 1. The lowest BCUT2D eigenvalue weighted by Crippen LogP contribution is -2.43. The Balaban J connectivity index is 2.21. The van der Waals surface area contributed by atoms with Crippen LogP contribution in [0.5, 0.6) is 0 Å². The number of amides is 2. The standard InChI is InChI=1S/C11H8N2O3S2/c14-11-12-9-6-17-7-10(9)18(15,16)13(11)8-4-2-1-3-5-8/h1-7H,(H,12,14). The highest BCUT2D eigenvalue weighted by Gasteiger charge is 2.38. The van der Waals surface area contributed by atoms with E-state index in [-0.39, 0.29) is 4.90 Å². The number of nitrogens with zero attached hydrogens (tertiary/aromatic N) is 1. The van der Waals surface area contributed by atoms with Crippen LogP contribution in [0.4, 0.5) is 16.2 Å². The van der Waals surface area contributed by atoms with Crippen molar-refractivity contribution in [3.05, 3.63) is 41.1 Å². The average molecular weight is 280 g/mol. The van der Waals surface area contributed by atoms with Gasteiger partial charge in [0.15, 0.2) is 0 Å². The number of para-hydroxylation sites is 1. The van der Waals surface area contributed by atoms with E-state index in [9.17, 15) is 13.2 Å². The van der Waals surface area contributed by atoms with Crippen molar-refractivity contribution in [3.63, 3.8) is 0 Å². The normalized spacial score (nSPS) is 17.1. The second kappa shape index (κ2) is 3.82. The van der Waals surface area contributed by atoms with Crippen LogP contribution in [0.2, 0.25) is 0 Å². The van der Waals surface area contributed by atoms with E-state index in [0.29, 0.717) is 11.4 Å². The van der Waals surface area contributed by atoms with Crippen LogP contribution in [-0.2, 0) is 10.0 Å². The molecule has 0 radical (unpaired) electrons.